The highest BCUT2D eigenvalue weighted by molar-refractivity contribution is 5.69. The first-order valence-corrected chi connectivity index (χ1v) is 8.90. The Kier molecular flexibility index (Phi) is 7.59. The van der Waals surface area contributed by atoms with Gasteiger partial charge in [-0.15, -0.1) is 0 Å². The number of aryl methyl sites for hydroxylation is 1. The van der Waals surface area contributed by atoms with Crippen LogP contribution in [-0.2, 0) is 19.0 Å². The van der Waals surface area contributed by atoms with Gasteiger partial charge in [0.25, 0.3) is 0 Å². The molecule has 1 aromatic rings. The standard InChI is InChI=1S/C20H27FO4/c1-4-19(25-13-16-12-24-16)17-11-18(21)14(3)10-15(17)8-6-7-9-20(22)23-5-2/h6,8,10-11,16,19H,4-5,7,9,12-13H2,1-3H3/b8-6+/t16-,19-/m1/s1. The molecule has 2 atom stereocenters. The van der Waals surface area contributed by atoms with E-state index < -0.39 is 0 Å². The highest BCUT2D eigenvalue weighted by Gasteiger charge is 2.25. The first-order chi connectivity index (χ1) is 12.0. The normalized spacial score (nSPS) is 17.7. The third kappa shape index (κ3) is 6.25. The number of hydrogen-bond donors (Lipinski definition) is 0. The Hall–Kier alpha value is -1.72. The molecular formula is C20H27FO4. The van der Waals surface area contributed by atoms with Gasteiger partial charge in [-0.3, -0.25) is 4.79 Å². The van der Waals surface area contributed by atoms with Crippen LogP contribution in [0.2, 0.25) is 0 Å². The molecule has 138 valence electrons. The van der Waals surface area contributed by atoms with E-state index in [1.54, 1.807) is 19.9 Å². The fourth-order valence-electron chi connectivity index (χ4n) is 2.60. The minimum atomic E-state index is -0.233. The molecule has 1 fully saturated rings. The summed E-state index contributed by atoms with van der Waals surface area (Å²) in [4.78, 5) is 11.4. The molecule has 25 heavy (non-hydrogen) atoms. The van der Waals surface area contributed by atoms with Crippen molar-refractivity contribution in [1.29, 1.82) is 0 Å². The zero-order chi connectivity index (χ0) is 18.2. The van der Waals surface area contributed by atoms with Crippen LogP contribution in [0.4, 0.5) is 4.39 Å². The highest BCUT2D eigenvalue weighted by atomic mass is 19.1. The summed E-state index contributed by atoms with van der Waals surface area (Å²) >= 11 is 0. The minimum Gasteiger partial charge on any atom is -0.466 e. The lowest BCUT2D eigenvalue weighted by Gasteiger charge is -2.19. The predicted octanol–water partition coefficient (Wildman–Crippen LogP) is 4.36. The number of allylic oxidation sites excluding steroid dienone is 1. The molecule has 0 aromatic heterocycles. The number of carbonyl (C=O) groups excluding carboxylic acids is 1. The molecule has 0 N–H and O–H groups in total. The lowest BCUT2D eigenvalue weighted by Crippen LogP contribution is -2.10. The molecule has 5 heteroatoms. The Morgan fingerprint density at radius 2 is 2.20 bits per heavy atom. The number of hydrogen-bond acceptors (Lipinski definition) is 4. The average Bonchev–Trinajstić information content (AvgIpc) is 3.40. The van der Waals surface area contributed by atoms with Crippen LogP contribution in [0.15, 0.2) is 18.2 Å². The fraction of sp³-hybridized carbons (Fsp3) is 0.550. The molecule has 0 unspecified atom stereocenters. The van der Waals surface area contributed by atoms with Gasteiger partial charge in [-0.1, -0.05) is 19.1 Å². The summed E-state index contributed by atoms with van der Waals surface area (Å²) in [5, 5.41) is 0. The summed E-state index contributed by atoms with van der Waals surface area (Å²) in [5.74, 6) is -0.440. The monoisotopic (exact) mass is 350 g/mol. The van der Waals surface area contributed by atoms with E-state index in [2.05, 4.69) is 0 Å². The quantitative estimate of drug-likeness (QED) is 0.465. The summed E-state index contributed by atoms with van der Waals surface area (Å²) in [6, 6.07) is 3.38. The van der Waals surface area contributed by atoms with E-state index in [1.165, 1.54) is 0 Å². The number of carbonyl (C=O) groups is 1. The predicted molar refractivity (Wildman–Crippen MR) is 94.8 cm³/mol. The molecule has 1 aliphatic rings. The lowest BCUT2D eigenvalue weighted by atomic mass is 9.97. The molecule has 0 spiro atoms. The molecule has 0 aliphatic carbocycles. The number of ether oxygens (including phenoxy) is 3. The Bertz CT molecular complexity index is 608. The largest absolute Gasteiger partial charge is 0.466 e. The highest BCUT2D eigenvalue weighted by Crippen LogP contribution is 2.29. The molecule has 2 rings (SSSR count). The number of halogens is 1. The first kappa shape index (κ1) is 19.6. The van der Waals surface area contributed by atoms with Crippen molar-refractivity contribution in [3.05, 3.63) is 40.7 Å². The van der Waals surface area contributed by atoms with Crippen molar-refractivity contribution >= 4 is 12.0 Å². The first-order valence-electron chi connectivity index (χ1n) is 8.90. The van der Waals surface area contributed by atoms with Crippen LogP contribution in [0.3, 0.4) is 0 Å². The molecule has 0 bridgehead atoms. The molecule has 1 heterocycles. The fourth-order valence-corrected chi connectivity index (χ4v) is 2.60. The second kappa shape index (κ2) is 9.68. The van der Waals surface area contributed by atoms with Crippen LogP contribution in [0, 0.1) is 12.7 Å². The van der Waals surface area contributed by atoms with Crippen LogP contribution < -0.4 is 0 Å². The number of benzene rings is 1. The molecule has 0 saturated carbocycles. The van der Waals surface area contributed by atoms with Gasteiger partial charge in [0.1, 0.15) is 11.9 Å². The van der Waals surface area contributed by atoms with Gasteiger partial charge in [0.2, 0.25) is 0 Å². The van der Waals surface area contributed by atoms with Gasteiger partial charge in [-0.2, -0.15) is 0 Å². The third-order valence-electron chi connectivity index (χ3n) is 4.09. The Morgan fingerprint density at radius 1 is 1.44 bits per heavy atom. The second-order valence-corrected chi connectivity index (χ2v) is 6.16. The van der Waals surface area contributed by atoms with Gasteiger partial charge in [-0.25, -0.2) is 4.39 Å². The van der Waals surface area contributed by atoms with Gasteiger partial charge in [0.05, 0.1) is 25.9 Å². The average molecular weight is 350 g/mol. The van der Waals surface area contributed by atoms with Crippen molar-refractivity contribution in [2.75, 3.05) is 19.8 Å². The lowest BCUT2D eigenvalue weighted by molar-refractivity contribution is -0.142. The second-order valence-electron chi connectivity index (χ2n) is 6.16. The van der Waals surface area contributed by atoms with E-state index in [9.17, 15) is 9.18 Å². The smallest absolute Gasteiger partial charge is 0.306 e. The van der Waals surface area contributed by atoms with Crippen LogP contribution >= 0.6 is 0 Å². The van der Waals surface area contributed by atoms with Gasteiger partial charge in [-0.05, 0) is 55.5 Å². The van der Waals surface area contributed by atoms with E-state index >= 15 is 0 Å². The van der Waals surface area contributed by atoms with Crippen LogP contribution in [-0.4, -0.2) is 31.9 Å². The van der Waals surface area contributed by atoms with Crippen molar-refractivity contribution in [2.45, 2.75) is 52.2 Å². The van der Waals surface area contributed by atoms with Gasteiger partial charge < -0.3 is 14.2 Å². The number of epoxide rings is 1. The molecule has 1 aliphatic heterocycles. The van der Waals surface area contributed by atoms with Crippen molar-refractivity contribution in [2.24, 2.45) is 0 Å². The van der Waals surface area contributed by atoms with Crippen molar-refractivity contribution in [3.8, 4) is 0 Å². The van der Waals surface area contributed by atoms with Crippen LogP contribution in [0.25, 0.3) is 6.08 Å². The Labute approximate surface area is 149 Å². The zero-order valence-electron chi connectivity index (χ0n) is 15.2. The summed E-state index contributed by atoms with van der Waals surface area (Å²) in [6.45, 7) is 7.21. The third-order valence-corrected chi connectivity index (χ3v) is 4.09. The van der Waals surface area contributed by atoms with E-state index in [-0.39, 0.29) is 24.0 Å². The minimum absolute atomic E-state index is 0.174. The Morgan fingerprint density at radius 3 is 2.84 bits per heavy atom. The maximum absolute atomic E-state index is 14.1. The van der Waals surface area contributed by atoms with E-state index in [0.29, 0.717) is 31.6 Å². The van der Waals surface area contributed by atoms with E-state index in [1.807, 2.05) is 25.1 Å². The summed E-state index contributed by atoms with van der Waals surface area (Å²) < 4.78 is 30.1. The van der Waals surface area contributed by atoms with Gasteiger partial charge in [0.15, 0.2) is 0 Å². The summed E-state index contributed by atoms with van der Waals surface area (Å²) in [6.07, 6.45) is 5.52. The molecule has 0 radical (unpaired) electrons. The SMILES string of the molecule is CCOC(=O)CC/C=C/c1cc(C)c(F)cc1[C@@H](CC)OC[C@H]1CO1. The van der Waals surface area contributed by atoms with Gasteiger partial charge in [0, 0.05) is 6.42 Å². The molecule has 1 saturated heterocycles. The summed E-state index contributed by atoms with van der Waals surface area (Å²) in [5.41, 5.74) is 2.35. The van der Waals surface area contributed by atoms with Gasteiger partial charge >= 0.3 is 5.97 Å². The van der Waals surface area contributed by atoms with Crippen LogP contribution in [0.1, 0.15) is 55.9 Å². The van der Waals surface area contributed by atoms with Crippen molar-refractivity contribution in [1.82, 2.24) is 0 Å². The van der Waals surface area contributed by atoms with Crippen LogP contribution in [0.5, 0.6) is 0 Å². The maximum Gasteiger partial charge on any atom is 0.306 e. The molecule has 1 aromatic carbocycles. The Balaban J connectivity index is 2.08. The summed E-state index contributed by atoms with van der Waals surface area (Å²) in [7, 11) is 0. The topological polar surface area (TPSA) is 48.1 Å². The van der Waals surface area contributed by atoms with Crippen molar-refractivity contribution < 1.29 is 23.4 Å². The number of esters is 1. The molecular weight excluding hydrogens is 323 g/mol. The number of rotatable bonds is 10. The van der Waals surface area contributed by atoms with Crippen molar-refractivity contribution in [3.63, 3.8) is 0 Å². The maximum atomic E-state index is 14.1. The zero-order valence-corrected chi connectivity index (χ0v) is 15.2. The van der Waals surface area contributed by atoms with E-state index in [4.69, 9.17) is 14.2 Å². The molecule has 0 amide bonds. The van der Waals surface area contributed by atoms with E-state index in [0.717, 1.165) is 24.2 Å². The molecule has 4 nitrogen and oxygen atoms in total.